The van der Waals surface area contributed by atoms with Crippen molar-refractivity contribution in [2.45, 2.75) is 13.3 Å². The average molecular weight is 303 g/mol. The largest absolute Gasteiger partial charge is 0.466 e. The summed E-state index contributed by atoms with van der Waals surface area (Å²) in [6.07, 6.45) is -0.0203. The molecule has 0 unspecified atom stereocenters. The van der Waals surface area contributed by atoms with E-state index in [9.17, 15) is 14.9 Å². The molecule has 0 atom stereocenters. The summed E-state index contributed by atoms with van der Waals surface area (Å²) in [6, 6.07) is 2.84. The van der Waals surface area contributed by atoms with Crippen LogP contribution in [0, 0.1) is 10.1 Å². The summed E-state index contributed by atoms with van der Waals surface area (Å²) < 4.78 is 5.16. The lowest BCUT2D eigenvalue weighted by atomic mass is 10.1. The van der Waals surface area contributed by atoms with E-state index in [0.717, 1.165) is 0 Å². The maximum Gasteiger partial charge on any atom is 0.310 e. The lowest BCUT2D eigenvalue weighted by molar-refractivity contribution is -0.384. The van der Waals surface area contributed by atoms with Crippen LogP contribution in [0.1, 0.15) is 12.5 Å². The molecule has 0 aliphatic heterocycles. The molecule has 0 aliphatic rings. The molecule has 0 fully saturated rings. The number of ether oxygens (including phenoxy) is 1. The first-order valence-corrected chi connectivity index (χ1v) is 5.63. The summed E-state index contributed by atoms with van der Waals surface area (Å²) in [5.74, 6) is -0.432. The van der Waals surface area contributed by atoms with Crippen LogP contribution < -0.4 is 5.73 Å². The van der Waals surface area contributed by atoms with Crippen LogP contribution in [0.15, 0.2) is 16.6 Å². The Balaban J connectivity index is 3.02. The number of halogens is 1. The molecular formula is C10H11BrN2O4. The number of hydrogen-bond donors (Lipinski definition) is 1. The van der Waals surface area contributed by atoms with E-state index in [2.05, 4.69) is 15.9 Å². The minimum absolute atomic E-state index is 0.0203. The SMILES string of the molecule is CCOC(=O)Cc1cc(Br)c(N)c([N+](=O)[O-])c1. The van der Waals surface area contributed by atoms with Gasteiger partial charge in [-0.1, -0.05) is 0 Å². The summed E-state index contributed by atoms with van der Waals surface area (Å²) in [5.41, 5.74) is 5.84. The van der Waals surface area contributed by atoms with Crippen LogP contribution in [-0.2, 0) is 16.0 Å². The number of nitrogens with two attached hydrogens (primary N) is 1. The van der Waals surface area contributed by atoms with Gasteiger partial charge in [0.15, 0.2) is 0 Å². The molecule has 0 aliphatic carbocycles. The lowest BCUT2D eigenvalue weighted by Gasteiger charge is -2.05. The minimum atomic E-state index is -0.589. The zero-order chi connectivity index (χ0) is 13.0. The van der Waals surface area contributed by atoms with Gasteiger partial charge in [-0.3, -0.25) is 14.9 Å². The van der Waals surface area contributed by atoms with Gasteiger partial charge < -0.3 is 10.5 Å². The first-order valence-electron chi connectivity index (χ1n) is 4.83. The Bertz CT molecular complexity index is 462. The van der Waals surface area contributed by atoms with Crippen LogP contribution in [0.3, 0.4) is 0 Å². The number of nitro benzene ring substituents is 1. The fraction of sp³-hybridized carbons (Fsp3) is 0.300. The highest BCUT2D eigenvalue weighted by molar-refractivity contribution is 9.10. The van der Waals surface area contributed by atoms with Gasteiger partial charge in [-0.05, 0) is 34.5 Å². The predicted octanol–water partition coefficient (Wildman–Crippen LogP) is 2.05. The molecule has 0 bridgehead atoms. The van der Waals surface area contributed by atoms with Crippen molar-refractivity contribution in [3.05, 3.63) is 32.3 Å². The highest BCUT2D eigenvalue weighted by Crippen LogP contribution is 2.31. The number of hydrogen-bond acceptors (Lipinski definition) is 5. The molecule has 2 N–H and O–H groups in total. The van der Waals surface area contributed by atoms with Crippen LogP contribution in [0.2, 0.25) is 0 Å². The van der Waals surface area contributed by atoms with Gasteiger partial charge in [0.25, 0.3) is 5.69 Å². The third-order valence-corrected chi connectivity index (χ3v) is 2.67. The lowest BCUT2D eigenvalue weighted by Crippen LogP contribution is -2.08. The van der Waals surface area contributed by atoms with E-state index in [-0.39, 0.29) is 24.4 Å². The molecule has 0 heterocycles. The van der Waals surface area contributed by atoms with E-state index in [1.54, 1.807) is 13.0 Å². The molecule has 0 radical (unpaired) electrons. The van der Waals surface area contributed by atoms with Crippen molar-refractivity contribution in [2.24, 2.45) is 0 Å². The zero-order valence-electron chi connectivity index (χ0n) is 9.10. The standard InChI is InChI=1S/C10H11BrN2O4/c1-2-17-9(14)5-6-3-7(11)10(12)8(4-6)13(15)16/h3-4H,2,5,12H2,1H3. The molecule has 6 nitrogen and oxygen atoms in total. The van der Waals surface area contributed by atoms with Gasteiger partial charge in [0, 0.05) is 10.5 Å². The number of nitro groups is 1. The van der Waals surface area contributed by atoms with Crippen molar-refractivity contribution in [1.82, 2.24) is 0 Å². The fourth-order valence-electron chi connectivity index (χ4n) is 1.29. The van der Waals surface area contributed by atoms with E-state index < -0.39 is 10.9 Å². The van der Waals surface area contributed by atoms with Crippen LogP contribution in [0.4, 0.5) is 11.4 Å². The number of carbonyl (C=O) groups excluding carboxylic acids is 1. The normalized spacial score (nSPS) is 10.0. The Kier molecular flexibility index (Phi) is 4.45. The number of nitrogens with zero attached hydrogens (tertiary/aromatic N) is 1. The van der Waals surface area contributed by atoms with E-state index in [1.807, 2.05) is 0 Å². The van der Waals surface area contributed by atoms with Crippen molar-refractivity contribution in [3.8, 4) is 0 Å². The minimum Gasteiger partial charge on any atom is -0.466 e. The molecule has 0 amide bonds. The Morgan fingerprint density at radius 3 is 2.76 bits per heavy atom. The molecule has 1 rings (SSSR count). The maximum atomic E-state index is 11.3. The number of esters is 1. The quantitative estimate of drug-likeness (QED) is 0.397. The Morgan fingerprint density at radius 1 is 1.59 bits per heavy atom. The zero-order valence-corrected chi connectivity index (χ0v) is 10.7. The molecule has 1 aromatic carbocycles. The Labute approximate surface area is 106 Å². The van der Waals surface area contributed by atoms with Crippen molar-refractivity contribution >= 4 is 33.3 Å². The number of rotatable bonds is 4. The fourth-order valence-corrected chi connectivity index (χ4v) is 1.79. The van der Waals surface area contributed by atoms with Gasteiger partial charge in [-0.15, -0.1) is 0 Å². The van der Waals surface area contributed by atoms with Crippen molar-refractivity contribution < 1.29 is 14.5 Å². The molecular weight excluding hydrogens is 292 g/mol. The smallest absolute Gasteiger partial charge is 0.310 e. The summed E-state index contributed by atoms with van der Waals surface area (Å²) in [4.78, 5) is 21.4. The molecule has 0 spiro atoms. The van der Waals surface area contributed by atoms with Crippen molar-refractivity contribution in [1.29, 1.82) is 0 Å². The average Bonchev–Trinajstić information content (AvgIpc) is 2.23. The van der Waals surface area contributed by atoms with Crippen molar-refractivity contribution in [2.75, 3.05) is 12.3 Å². The highest BCUT2D eigenvalue weighted by Gasteiger charge is 2.17. The van der Waals surface area contributed by atoms with Gasteiger partial charge in [0.05, 0.1) is 18.0 Å². The molecule has 7 heteroatoms. The first-order chi connectivity index (χ1) is 7.95. The van der Waals surface area contributed by atoms with Gasteiger partial charge in [0.1, 0.15) is 5.69 Å². The second-order valence-electron chi connectivity index (χ2n) is 3.25. The second-order valence-corrected chi connectivity index (χ2v) is 4.10. The molecule has 0 saturated heterocycles. The first kappa shape index (κ1) is 13.4. The van der Waals surface area contributed by atoms with E-state index >= 15 is 0 Å². The van der Waals surface area contributed by atoms with E-state index in [0.29, 0.717) is 10.0 Å². The Hall–Kier alpha value is -1.63. The van der Waals surface area contributed by atoms with Gasteiger partial charge in [-0.2, -0.15) is 0 Å². The third kappa shape index (κ3) is 3.42. The summed E-state index contributed by atoms with van der Waals surface area (Å²) >= 11 is 3.11. The highest BCUT2D eigenvalue weighted by atomic mass is 79.9. The molecule has 1 aromatic rings. The number of benzene rings is 1. The van der Waals surface area contributed by atoms with Gasteiger partial charge >= 0.3 is 5.97 Å². The summed E-state index contributed by atoms with van der Waals surface area (Å²) in [5, 5.41) is 10.7. The van der Waals surface area contributed by atoms with E-state index in [4.69, 9.17) is 10.5 Å². The van der Waals surface area contributed by atoms with E-state index in [1.165, 1.54) is 6.07 Å². The van der Waals surface area contributed by atoms with Crippen LogP contribution in [-0.4, -0.2) is 17.5 Å². The number of carbonyl (C=O) groups is 1. The van der Waals surface area contributed by atoms with Crippen LogP contribution in [0.25, 0.3) is 0 Å². The summed E-state index contributed by atoms with van der Waals surface area (Å²) in [7, 11) is 0. The predicted molar refractivity (Wildman–Crippen MR) is 65.5 cm³/mol. The van der Waals surface area contributed by atoms with Crippen molar-refractivity contribution in [3.63, 3.8) is 0 Å². The monoisotopic (exact) mass is 302 g/mol. The topological polar surface area (TPSA) is 95.5 Å². The second kappa shape index (κ2) is 5.62. The number of anilines is 1. The van der Waals surface area contributed by atoms with Crippen LogP contribution in [0.5, 0.6) is 0 Å². The summed E-state index contributed by atoms with van der Waals surface area (Å²) in [6.45, 7) is 1.97. The van der Waals surface area contributed by atoms with Crippen LogP contribution >= 0.6 is 15.9 Å². The number of nitrogen functional groups attached to an aromatic ring is 1. The Morgan fingerprint density at radius 2 is 2.24 bits per heavy atom. The van der Waals surface area contributed by atoms with Gasteiger partial charge in [0.2, 0.25) is 0 Å². The molecule has 0 aromatic heterocycles. The van der Waals surface area contributed by atoms with Gasteiger partial charge in [-0.25, -0.2) is 0 Å². The molecule has 17 heavy (non-hydrogen) atoms. The maximum absolute atomic E-state index is 11.3. The molecule has 92 valence electrons. The molecule has 0 saturated carbocycles. The third-order valence-electron chi connectivity index (χ3n) is 2.02.